The lowest BCUT2D eigenvalue weighted by molar-refractivity contribution is 0.392. The second-order valence-corrected chi connectivity index (χ2v) is 4.50. The summed E-state index contributed by atoms with van der Waals surface area (Å²) in [5, 5.41) is 0. The van der Waals surface area contributed by atoms with Gasteiger partial charge < -0.3 is 5.73 Å². The summed E-state index contributed by atoms with van der Waals surface area (Å²) in [6, 6.07) is 0. The predicted molar refractivity (Wildman–Crippen MR) is 58.7 cm³/mol. The van der Waals surface area contributed by atoms with E-state index in [1.165, 1.54) is 64.2 Å². The van der Waals surface area contributed by atoms with Gasteiger partial charge in [-0.05, 0) is 25.3 Å². The lowest BCUT2D eigenvalue weighted by atomic mass is 9.92. The average Bonchev–Trinajstić information content (AvgIpc) is 2.28. The normalized spacial score (nSPS) is 21.9. The molecule has 0 saturated heterocycles. The average molecular weight is 183 g/mol. The fourth-order valence-corrected chi connectivity index (χ4v) is 2.41. The van der Waals surface area contributed by atoms with Gasteiger partial charge >= 0.3 is 0 Å². The monoisotopic (exact) mass is 183 g/mol. The van der Waals surface area contributed by atoms with Gasteiger partial charge in [-0.2, -0.15) is 0 Å². The second-order valence-electron chi connectivity index (χ2n) is 4.50. The van der Waals surface area contributed by atoms with Crippen LogP contribution >= 0.6 is 0 Å². The molecule has 0 aliphatic heterocycles. The molecule has 0 atom stereocenters. The van der Waals surface area contributed by atoms with Crippen LogP contribution in [0.5, 0.6) is 0 Å². The number of hydrogen-bond acceptors (Lipinski definition) is 1. The van der Waals surface area contributed by atoms with Crippen molar-refractivity contribution in [2.75, 3.05) is 6.54 Å². The highest BCUT2D eigenvalue weighted by atomic mass is 14.5. The first-order chi connectivity index (χ1) is 6.43. The Morgan fingerprint density at radius 2 is 1.38 bits per heavy atom. The molecule has 1 rings (SSSR count). The summed E-state index contributed by atoms with van der Waals surface area (Å²) in [6.07, 6.45) is 14.4. The van der Waals surface area contributed by atoms with Gasteiger partial charge in [0.1, 0.15) is 0 Å². The Hall–Kier alpha value is -0.0400. The van der Waals surface area contributed by atoms with E-state index in [0.29, 0.717) is 0 Å². The van der Waals surface area contributed by atoms with Crippen LogP contribution in [0.1, 0.15) is 64.2 Å². The summed E-state index contributed by atoms with van der Waals surface area (Å²) in [4.78, 5) is 0. The van der Waals surface area contributed by atoms with E-state index < -0.39 is 0 Å². The highest BCUT2D eigenvalue weighted by Gasteiger charge is 2.09. The van der Waals surface area contributed by atoms with Crippen LogP contribution in [0.3, 0.4) is 0 Å². The zero-order valence-corrected chi connectivity index (χ0v) is 8.93. The van der Waals surface area contributed by atoms with Gasteiger partial charge in [0.05, 0.1) is 0 Å². The molecule has 1 aliphatic rings. The Kier molecular flexibility index (Phi) is 6.26. The summed E-state index contributed by atoms with van der Waals surface area (Å²) in [5.74, 6) is 1.00. The molecule has 1 aliphatic carbocycles. The first kappa shape index (κ1) is 11.0. The van der Waals surface area contributed by atoms with Gasteiger partial charge in [0.25, 0.3) is 0 Å². The molecule has 1 fully saturated rings. The summed E-state index contributed by atoms with van der Waals surface area (Å²) in [6.45, 7) is 0.885. The van der Waals surface area contributed by atoms with Crippen LogP contribution in [0.4, 0.5) is 0 Å². The van der Waals surface area contributed by atoms with Crippen molar-refractivity contribution in [3.8, 4) is 0 Å². The molecule has 0 radical (unpaired) electrons. The number of nitrogens with two attached hydrogens (primary N) is 1. The van der Waals surface area contributed by atoms with Gasteiger partial charge in [-0.3, -0.25) is 0 Å². The van der Waals surface area contributed by atoms with Gasteiger partial charge in [0.2, 0.25) is 0 Å². The van der Waals surface area contributed by atoms with Gasteiger partial charge in [0.15, 0.2) is 0 Å². The molecule has 0 amide bonds. The molecule has 1 nitrogen and oxygen atoms in total. The molecule has 0 aromatic rings. The van der Waals surface area contributed by atoms with Crippen molar-refractivity contribution in [1.29, 1.82) is 0 Å². The third-order valence-electron chi connectivity index (χ3n) is 3.29. The molecule has 1 heteroatoms. The van der Waals surface area contributed by atoms with Crippen LogP contribution in [0.15, 0.2) is 0 Å². The SMILES string of the molecule is NCCCC1CCCCCCCC1. The Bertz CT molecular complexity index is 102. The van der Waals surface area contributed by atoms with E-state index in [-0.39, 0.29) is 0 Å². The minimum Gasteiger partial charge on any atom is -0.330 e. The molecular weight excluding hydrogens is 158 g/mol. The topological polar surface area (TPSA) is 26.0 Å². The largest absolute Gasteiger partial charge is 0.330 e. The van der Waals surface area contributed by atoms with Crippen LogP contribution in [0, 0.1) is 5.92 Å². The fraction of sp³-hybridized carbons (Fsp3) is 1.00. The van der Waals surface area contributed by atoms with Crippen molar-refractivity contribution in [2.24, 2.45) is 11.7 Å². The molecule has 0 unspecified atom stereocenters. The molecule has 0 bridgehead atoms. The van der Waals surface area contributed by atoms with Crippen LogP contribution in [0.2, 0.25) is 0 Å². The summed E-state index contributed by atoms with van der Waals surface area (Å²) in [7, 11) is 0. The van der Waals surface area contributed by atoms with Crippen LogP contribution in [0.25, 0.3) is 0 Å². The molecule has 78 valence electrons. The first-order valence-electron chi connectivity index (χ1n) is 6.13. The Balaban J connectivity index is 2.16. The van der Waals surface area contributed by atoms with Crippen molar-refractivity contribution in [3.63, 3.8) is 0 Å². The summed E-state index contributed by atoms with van der Waals surface area (Å²) < 4.78 is 0. The van der Waals surface area contributed by atoms with Crippen molar-refractivity contribution in [1.82, 2.24) is 0 Å². The van der Waals surface area contributed by atoms with E-state index in [4.69, 9.17) is 5.73 Å². The summed E-state index contributed by atoms with van der Waals surface area (Å²) in [5.41, 5.74) is 5.55. The molecule has 0 spiro atoms. The van der Waals surface area contributed by atoms with Crippen molar-refractivity contribution < 1.29 is 0 Å². The molecule has 2 N–H and O–H groups in total. The van der Waals surface area contributed by atoms with Crippen LogP contribution in [-0.4, -0.2) is 6.54 Å². The van der Waals surface area contributed by atoms with E-state index in [1.807, 2.05) is 0 Å². The standard InChI is InChI=1S/C12H25N/c13-11-7-10-12-8-5-3-1-2-4-6-9-12/h12H,1-11,13H2. The molecule has 0 aromatic carbocycles. The molecule has 1 saturated carbocycles. The smallest absolute Gasteiger partial charge is 0.00772 e. The van der Waals surface area contributed by atoms with E-state index >= 15 is 0 Å². The Labute approximate surface area is 83.1 Å². The van der Waals surface area contributed by atoms with E-state index in [1.54, 1.807) is 0 Å². The molecule has 13 heavy (non-hydrogen) atoms. The highest BCUT2D eigenvalue weighted by molar-refractivity contribution is 4.63. The van der Waals surface area contributed by atoms with E-state index in [2.05, 4.69) is 0 Å². The quantitative estimate of drug-likeness (QED) is 0.712. The maximum Gasteiger partial charge on any atom is -0.00772 e. The third kappa shape index (κ3) is 5.30. The van der Waals surface area contributed by atoms with Gasteiger partial charge in [-0.25, -0.2) is 0 Å². The molecule has 0 heterocycles. The number of rotatable bonds is 3. The van der Waals surface area contributed by atoms with Crippen molar-refractivity contribution >= 4 is 0 Å². The lowest BCUT2D eigenvalue weighted by Gasteiger charge is -2.14. The van der Waals surface area contributed by atoms with Crippen molar-refractivity contribution in [3.05, 3.63) is 0 Å². The zero-order chi connectivity index (χ0) is 9.36. The maximum absolute atomic E-state index is 5.55. The number of hydrogen-bond donors (Lipinski definition) is 1. The second kappa shape index (κ2) is 7.37. The summed E-state index contributed by atoms with van der Waals surface area (Å²) >= 11 is 0. The van der Waals surface area contributed by atoms with E-state index in [9.17, 15) is 0 Å². The molecular formula is C12H25N. The first-order valence-corrected chi connectivity index (χ1v) is 6.13. The van der Waals surface area contributed by atoms with E-state index in [0.717, 1.165) is 12.5 Å². The lowest BCUT2D eigenvalue weighted by Crippen LogP contribution is -2.05. The fourth-order valence-electron chi connectivity index (χ4n) is 2.41. The predicted octanol–water partition coefficient (Wildman–Crippen LogP) is 3.48. The van der Waals surface area contributed by atoms with Gasteiger partial charge in [-0.1, -0.05) is 51.4 Å². The van der Waals surface area contributed by atoms with Crippen LogP contribution in [-0.2, 0) is 0 Å². The zero-order valence-electron chi connectivity index (χ0n) is 8.93. The van der Waals surface area contributed by atoms with Crippen LogP contribution < -0.4 is 5.73 Å². The Morgan fingerprint density at radius 1 is 0.846 bits per heavy atom. The highest BCUT2D eigenvalue weighted by Crippen LogP contribution is 2.24. The minimum absolute atomic E-state index is 0.885. The molecule has 0 aromatic heterocycles. The Morgan fingerprint density at radius 3 is 1.92 bits per heavy atom. The van der Waals surface area contributed by atoms with Crippen molar-refractivity contribution in [2.45, 2.75) is 64.2 Å². The third-order valence-corrected chi connectivity index (χ3v) is 3.29. The van der Waals surface area contributed by atoms with Gasteiger partial charge in [-0.15, -0.1) is 0 Å². The maximum atomic E-state index is 5.55. The minimum atomic E-state index is 0.885. The van der Waals surface area contributed by atoms with Gasteiger partial charge in [0, 0.05) is 0 Å².